The summed E-state index contributed by atoms with van der Waals surface area (Å²) in [6, 6.07) is 10.3. The highest BCUT2D eigenvalue weighted by atomic mass is 35.5. The van der Waals surface area contributed by atoms with E-state index in [4.69, 9.17) is 39.5 Å². The van der Waals surface area contributed by atoms with Gasteiger partial charge in [-0.3, -0.25) is 9.36 Å². The molecular formula is C21H19Cl3N4O2S. The van der Waals surface area contributed by atoms with Gasteiger partial charge in [0, 0.05) is 16.6 Å². The van der Waals surface area contributed by atoms with E-state index in [1.165, 1.54) is 11.8 Å². The van der Waals surface area contributed by atoms with Crippen LogP contribution in [0, 0.1) is 6.92 Å². The number of hydrogen-bond acceptors (Lipinski definition) is 5. The Morgan fingerprint density at radius 2 is 1.94 bits per heavy atom. The number of nitrogens with one attached hydrogen (secondary N) is 1. The summed E-state index contributed by atoms with van der Waals surface area (Å²) >= 11 is 19.2. The van der Waals surface area contributed by atoms with Crippen molar-refractivity contribution in [1.82, 2.24) is 14.8 Å². The number of nitrogens with zero attached hydrogens (tertiary/aromatic N) is 3. The number of benzene rings is 2. The second-order valence-corrected chi connectivity index (χ2v) is 8.68. The summed E-state index contributed by atoms with van der Waals surface area (Å²) in [6.07, 6.45) is 1.73. The molecule has 10 heteroatoms. The molecule has 1 amide bonds. The molecule has 0 atom stereocenters. The second-order valence-electron chi connectivity index (χ2n) is 6.46. The van der Waals surface area contributed by atoms with E-state index in [1.807, 2.05) is 23.6 Å². The number of anilines is 1. The Kier molecular flexibility index (Phi) is 8.26. The van der Waals surface area contributed by atoms with Gasteiger partial charge in [-0.05, 0) is 48.9 Å². The Balaban J connectivity index is 1.64. The highest BCUT2D eigenvalue weighted by Gasteiger charge is 2.15. The van der Waals surface area contributed by atoms with Gasteiger partial charge in [-0.15, -0.1) is 16.8 Å². The topological polar surface area (TPSA) is 69.0 Å². The first-order valence-corrected chi connectivity index (χ1v) is 11.3. The molecule has 1 N–H and O–H groups in total. The van der Waals surface area contributed by atoms with Crippen molar-refractivity contribution in [3.05, 3.63) is 75.5 Å². The van der Waals surface area contributed by atoms with Crippen LogP contribution in [0.3, 0.4) is 0 Å². The van der Waals surface area contributed by atoms with Crippen LogP contribution in [0.4, 0.5) is 5.69 Å². The number of aromatic nitrogens is 3. The summed E-state index contributed by atoms with van der Waals surface area (Å²) in [5, 5.41) is 13.3. The van der Waals surface area contributed by atoms with E-state index in [2.05, 4.69) is 22.1 Å². The molecule has 0 unspecified atom stereocenters. The number of aryl methyl sites for hydroxylation is 1. The summed E-state index contributed by atoms with van der Waals surface area (Å²) < 4.78 is 7.73. The number of carbonyl (C=O) groups is 1. The lowest BCUT2D eigenvalue weighted by Crippen LogP contribution is -2.15. The average molecular weight is 498 g/mol. The minimum Gasteiger partial charge on any atom is -0.485 e. The smallest absolute Gasteiger partial charge is 0.234 e. The monoisotopic (exact) mass is 496 g/mol. The Morgan fingerprint density at radius 3 is 2.65 bits per heavy atom. The van der Waals surface area contributed by atoms with Crippen LogP contribution in [0.1, 0.15) is 11.4 Å². The fourth-order valence-corrected chi connectivity index (χ4v) is 4.12. The predicted octanol–water partition coefficient (Wildman–Crippen LogP) is 6.04. The van der Waals surface area contributed by atoms with Crippen molar-refractivity contribution in [2.45, 2.75) is 25.2 Å². The first kappa shape index (κ1) is 23.5. The number of carbonyl (C=O) groups excluding carboxylic acids is 1. The van der Waals surface area contributed by atoms with E-state index in [-0.39, 0.29) is 18.3 Å². The van der Waals surface area contributed by atoms with Crippen molar-refractivity contribution in [1.29, 1.82) is 0 Å². The average Bonchev–Trinajstić information content (AvgIpc) is 3.10. The van der Waals surface area contributed by atoms with Crippen LogP contribution in [0.25, 0.3) is 0 Å². The molecule has 1 heterocycles. The molecule has 31 heavy (non-hydrogen) atoms. The molecule has 0 bridgehead atoms. The van der Waals surface area contributed by atoms with Crippen molar-refractivity contribution in [2.75, 3.05) is 11.1 Å². The Bertz CT molecular complexity index is 1100. The Hall–Kier alpha value is -2.19. The zero-order chi connectivity index (χ0) is 22.4. The first-order valence-electron chi connectivity index (χ1n) is 9.17. The van der Waals surface area contributed by atoms with Gasteiger partial charge in [0.05, 0.1) is 16.5 Å². The van der Waals surface area contributed by atoms with Crippen LogP contribution in [-0.4, -0.2) is 26.4 Å². The van der Waals surface area contributed by atoms with E-state index >= 15 is 0 Å². The maximum Gasteiger partial charge on any atom is 0.234 e. The van der Waals surface area contributed by atoms with Crippen molar-refractivity contribution in [3.63, 3.8) is 0 Å². The van der Waals surface area contributed by atoms with Gasteiger partial charge in [-0.1, -0.05) is 52.6 Å². The van der Waals surface area contributed by atoms with Crippen molar-refractivity contribution >= 4 is 58.2 Å². The third kappa shape index (κ3) is 6.40. The van der Waals surface area contributed by atoms with Gasteiger partial charge in [0.1, 0.15) is 12.4 Å². The second kappa shape index (κ2) is 10.9. The Morgan fingerprint density at radius 1 is 1.19 bits per heavy atom. The minimum absolute atomic E-state index is 0.130. The van der Waals surface area contributed by atoms with E-state index in [1.54, 1.807) is 30.3 Å². The molecule has 1 aromatic heterocycles. The molecule has 0 aliphatic carbocycles. The van der Waals surface area contributed by atoms with Gasteiger partial charge in [0.25, 0.3) is 0 Å². The largest absolute Gasteiger partial charge is 0.485 e. The van der Waals surface area contributed by atoms with Crippen LogP contribution in [0.2, 0.25) is 15.1 Å². The van der Waals surface area contributed by atoms with Crippen LogP contribution in [0.15, 0.2) is 54.2 Å². The van der Waals surface area contributed by atoms with Gasteiger partial charge in [0.2, 0.25) is 5.91 Å². The summed E-state index contributed by atoms with van der Waals surface area (Å²) in [5.74, 6) is 1.24. The molecule has 162 valence electrons. The predicted molar refractivity (Wildman–Crippen MR) is 127 cm³/mol. The van der Waals surface area contributed by atoms with E-state index < -0.39 is 0 Å². The van der Waals surface area contributed by atoms with Gasteiger partial charge >= 0.3 is 0 Å². The van der Waals surface area contributed by atoms with Crippen molar-refractivity contribution in [3.8, 4) is 5.75 Å². The molecule has 6 nitrogen and oxygen atoms in total. The van der Waals surface area contributed by atoms with E-state index in [0.29, 0.717) is 44.0 Å². The number of halogens is 3. The quantitative estimate of drug-likeness (QED) is 0.288. The van der Waals surface area contributed by atoms with Crippen LogP contribution >= 0.6 is 46.6 Å². The van der Waals surface area contributed by atoms with Crippen LogP contribution in [0.5, 0.6) is 5.75 Å². The molecule has 2 aromatic carbocycles. The summed E-state index contributed by atoms with van der Waals surface area (Å²) in [4.78, 5) is 12.3. The van der Waals surface area contributed by atoms with Crippen molar-refractivity contribution < 1.29 is 9.53 Å². The third-order valence-electron chi connectivity index (χ3n) is 4.14. The lowest BCUT2D eigenvalue weighted by atomic mass is 10.2. The lowest BCUT2D eigenvalue weighted by molar-refractivity contribution is -0.113. The fourth-order valence-electron chi connectivity index (χ4n) is 2.67. The van der Waals surface area contributed by atoms with Gasteiger partial charge < -0.3 is 10.1 Å². The number of ether oxygens (including phenoxy) is 1. The fraction of sp³-hybridized carbons (Fsp3) is 0.190. The molecule has 0 spiro atoms. The van der Waals surface area contributed by atoms with Gasteiger partial charge in [-0.2, -0.15) is 0 Å². The van der Waals surface area contributed by atoms with Gasteiger partial charge in [-0.25, -0.2) is 0 Å². The van der Waals surface area contributed by atoms with Crippen LogP contribution < -0.4 is 10.1 Å². The molecule has 0 saturated carbocycles. The lowest BCUT2D eigenvalue weighted by Gasteiger charge is -2.11. The number of thioether (sulfide) groups is 1. The maximum atomic E-state index is 12.3. The van der Waals surface area contributed by atoms with E-state index in [0.717, 1.165) is 5.56 Å². The summed E-state index contributed by atoms with van der Waals surface area (Å²) in [6.45, 7) is 6.40. The summed E-state index contributed by atoms with van der Waals surface area (Å²) in [7, 11) is 0. The van der Waals surface area contributed by atoms with E-state index in [9.17, 15) is 4.79 Å². The molecule has 3 rings (SSSR count). The normalized spacial score (nSPS) is 10.7. The Labute approximate surface area is 199 Å². The molecule has 0 radical (unpaired) electrons. The number of allylic oxidation sites excluding steroid dienone is 1. The van der Waals surface area contributed by atoms with Gasteiger partial charge in [0.15, 0.2) is 11.0 Å². The molecule has 0 aliphatic heterocycles. The maximum absolute atomic E-state index is 12.3. The molecule has 0 fully saturated rings. The molecule has 0 aliphatic rings. The zero-order valence-corrected chi connectivity index (χ0v) is 19.7. The molecular weight excluding hydrogens is 479 g/mol. The highest BCUT2D eigenvalue weighted by Crippen LogP contribution is 2.26. The number of rotatable bonds is 9. The number of hydrogen-bond donors (Lipinski definition) is 1. The standard InChI is InChI=1S/C21H19Cl3N4O2S/c1-3-8-28-19(11-30-18-7-5-14(22)9-13(18)2)26-27-21(28)31-12-20(29)25-17-6-4-15(23)10-16(17)24/h3-7,9-10H,1,8,11-12H2,2H3,(H,25,29). The van der Waals surface area contributed by atoms with Crippen molar-refractivity contribution in [2.24, 2.45) is 0 Å². The number of amides is 1. The summed E-state index contributed by atoms with van der Waals surface area (Å²) in [5.41, 5.74) is 1.42. The SMILES string of the molecule is C=CCn1c(COc2ccc(Cl)cc2C)nnc1SCC(=O)Nc1ccc(Cl)cc1Cl. The first-order chi connectivity index (χ1) is 14.9. The molecule has 3 aromatic rings. The zero-order valence-electron chi connectivity index (χ0n) is 16.6. The van der Waals surface area contributed by atoms with Crippen LogP contribution in [-0.2, 0) is 17.9 Å². The third-order valence-corrected chi connectivity index (χ3v) is 5.89. The molecule has 0 saturated heterocycles. The highest BCUT2D eigenvalue weighted by molar-refractivity contribution is 7.99. The minimum atomic E-state index is -0.225.